The fraction of sp³-hybridized carbons (Fsp3) is 0.250. The Bertz CT molecular complexity index is 601. The van der Waals surface area contributed by atoms with Crippen molar-refractivity contribution in [1.82, 2.24) is 0 Å². The Morgan fingerprint density at radius 1 is 0.900 bits per heavy atom. The largest absolute Gasteiger partial charge is 0.382 e. The standard InChI is InChI=1S/C16H14Cl3N/c17-11-7-12(18)9-14(8-11)20-13-5-10(6-13)15-3-1-2-4-16(15)19/h1-4,7-10,13,20H,5-6H2. The molecule has 0 atom stereocenters. The molecule has 0 aromatic heterocycles. The first-order valence-electron chi connectivity index (χ1n) is 6.59. The summed E-state index contributed by atoms with van der Waals surface area (Å²) in [4.78, 5) is 0. The third-order valence-electron chi connectivity index (χ3n) is 3.72. The molecular weight excluding hydrogens is 313 g/mol. The number of hydrogen-bond donors (Lipinski definition) is 1. The molecule has 0 saturated heterocycles. The van der Waals surface area contributed by atoms with Gasteiger partial charge in [0.1, 0.15) is 0 Å². The predicted molar refractivity (Wildman–Crippen MR) is 87.3 cm³/mol. The van der Waals surface area contributed by atoms with E-state index in [1.165, 1.54) is 5.56 Å². The van der Waals surface area contributed by atoms with Crippen LogP contribution >= 0.6 is 34.8 Å². The van der Waals surface area contributed by atoms with Crippen LogP contribution in [0.4, 0.5) is 5.69 Å². The van der Waals surface area contributed by atoms with Crippen molar-refractivity contribution in [2.45, 2.75) is 24.8 Å². The second kappa shape index (κ2) is 5.85. The average molecular weight is 327 g/mol. The van der Waals surface area contributed by atoms with Gasteiger partial charge in [0, 0.05) is 26.8 Å². The van der Waals surface area contributed by atoms with Crippen LogP contribution in [0.3, 0.4) is 0 Å². The van der Waals surface area contributed by atoms with E-state index in [-0.39, 0.29) is 0 Å². The molecule has 1 fully saturated rings. The van der Waals surface area contributed by atoms with Gasteiger partial charge >= 0.3 is 0 Å². The Hall–Kier alpha value is -0.890. The van der Waals surface area contributed by atoms with E-state index in [4.69, 9.17) is 34.8 Å². The van der Waals surface area contributed by atoms with Crippen molar-refractivity contribution < 1.29 is 0 Å². The molecule has 1 aliphatic rings. The minimum atomic E-state index is 0.450. The van der Waals surface area contributed by atoms with Crippen molar-refractivity contribution in [3.8, 4) is 0 Å². The zero-order valence-corrected chi connectivity index (χ0v) is 13.0. The predicted octanol–water partition coefficient (Wildman–Crippen LogP) is 6.00. The zero-order valence-electron chi connectivity index (χ0n) is 10.7. The highest BCUT2D eigenvalue weighted by molar-refractivity contribution is 6.35. The van der Waals surface area contributed by atoms with Crippen LogP contribution in [0, 0.1) is 0 Å². The lowest BCUT2D eigenvalue weighted by Crippen LogP contribution is -2.34. The second-order valence-electron chi connectivity index (χ2n) is 5.19. The van der Waals surface area contributed by atoms with Gasteiger partial charge in [-0.1, -0.05) is 53.0 Å². The minimum Gasteiger partial charge on any atom is -0.382 e. The lowest BCUT2D eigenvalue weighted by atomic mass is 9.76. The lowest BCUT2D eigenvalue weighted by molar-refractivity contribution is 0.374. The topological polar surface area (TPSA) is 12.0 Å². The minimum absolute atomic E-state index is 0.450. The summed E-state index contributed by atoms with van der Waals surface area (Å²) < 4.78 is 0. The summed E-state index contributed by atoms with van der Waals surface area (Å²) in [5, 5.41) is 5.64. The lowest BCUT2D eigenvalue weighted by Gasteiger charge is -2.37. The molecule has 0 unspecified atom stereocenters. The highest BCUT2D eigenvalue weighted by atomic mass is 35.5. The molecule has 0 heterocycles. The summed E-state index contributed by atoms with van der Waals surface area (Å²) in [6.07, 6.45) is 2.15. The van der Waals surface area contributed by atoms with E-state index < -0.39 is 0 Å². The Labute approximate surface area is 133 Å². The van der Waals surface area contributed by atoms with E-state index in [2.05, 4.69) is 11.4 Å². The third-order valence-corrected chi connectivity index (χ3v) is 4.50. The molecule has 104 valence electrons. The highest BCUT2D eigenvalue weighted by Gasteiger charge is 2.31. The van der Waals surface area contributed by atoms with Crippen LogP contribution < -0.4 is 5.32 Å². The number of anilines is 1. The van der Waals surface area contributed by atoms with Gasteiger partial charge in [-0.05, 0) is 48.6 Å². The van der Waals surface area contributed by atoms with Crippen molar-refractivity contribution in [2.24, 2.45) is 0 Å². The number of benzene rings is 2. The average Bonchev–Trinajstić information content (AvgIpc) is 2.33. The molecular formula is C16H14Cl3N. The van der Waals surface area contributed by atoms with E-state index in [0.29, 0.717) is 22.0 Å². The summed E-state index contributed by atoms with van der Waals surface area (Å²) in [6, 6.07) is 14.1. The molecule has 1 saturated carbocycles. The van der Waals surface area contributed by atoms with Gasteiger partial charge in [-0.15, -0.1) is 0 Å². The zero-order chi connectivity index (χ0) is 14.1. The fourth-order valence-corrected chi connectivity index (χ4v) is 3.48. The van der Waals surface area contributed by atoms with E-state index >= 15 is 0 Å². The first kappa shape index (κ1) is 14.1. The maximum absolute atomic E-state index is 6.23. The molecule has 2 aromatic carbocycles. The van der Waals surface area contributed by atoms with Gasteiger partial charge in [-0.3, -0.25) is 0 Å². The van der Waals surface area contributed by atoms with Gasteiger partial charge in [-0.25, -0.2) is 0 Å². The van der Waals surface area contributed by atoms with Crippen LogP contribution in [-0.2, 0) is 0 Å². The smallest absolute Gasteiger partial charge is 0.0441 e. The Morgan fingerprint density at radius 3 is 2.20 bits per heavy atom. The Balaban J connectivity index is 1.62. The number of halogens is 3. The van der Waals surface area contributed by atoms with Crippen molar-refractivity contribution in [3.63, 3.8) is 0 Å². The van der Waals surface area contributed by atoms with E-state index in [9.17, 15) is 0 Å². The van der Waals surface area contributed by atoms with Crippen LogP contribution in [0.5, 0.6) is 0 Å². The molecule has 2 aromatic rings. The van der Waals surface area contributed by atoms with Crippen LogP contribution in [0.25, 0.3) is 0 Å². The Morgan fingerprint density at radius 2 is 1.55 bits per heavy atom. The summed E-state index contributed by atoms with van der Waals surface area (Å²) >= 11 is 18.2. The van der Waals surface area contributed by atoms with Gasteiger partial charge in [0.25, 0.3) is 0 Å². The van der Waals surface area contributed by atoms with Gasteiger partial charge in [0.05, 0.1) is 0 Å². The molecule has 1 N–H and O–H groups in total. The van der Waals surface area contributed by atoms with E-state index in [0.717, 1.165) is 23.6 Å². The van der Waals surface area contributed by atoms with Gasteiger partial charge in [-0.2, -0.15) is 0 Å². The number of hydrogen-bond acceptors (Lipinski definition) is 1. The molecule has 0 amide bonds. The molecule has 20 heavy (non-hydrogen) atoms. The fourth-order valence-electron chi connectivity index (χ4n) is 2.67. The number of rotatable bonds is 3. The molecule has 0 spiro atoms. The number of nitrogens with one attached hydrogen (secondary N) is 1. The maximum Gasteiger partial charge on any atom is 0.0441 e. The molecule has 1 aliphatic carbocycles. The summed E-state index contributed by atoms with van der Waals surface area (Å²) in [6.45, 7) is 0. The third kappa shape index (κ3) is 3.06. The monoisotopic (exact) mass is 325 g/mol. The van der Waals surface area contributed by atoms with Gasteiger partial charge in [0.15, 0.2) is 0 Å². The molecule has 1 nitrogen and oxygen atoms in total. The van der Waals surface area contributed by atoms with Crippen molar-refractivity contribution >= 4 is 40.5 Å². The first-order chi connectivity index (χ1) is 9.61. The highest BCUT2D eigenvalue weighted by Crippen LogP contribution is 2.41. The van der Waals surface area contributed by atoms with Gasteiger partial charge in [0.2, 0.25) is 0 Å². The SMILES string of the molecule is Clc1cc(Cl)cc(NC2CC(c3ccccc3Cl)C2)c1. The summed E-state index contributed by atoms with van der Waals surface area (Å²) in [5.41, 5.74) is 2.22. The normalized spacial score (nSPS) is 21.4. The molecule has 0 aliphatic heterocycles. The van der Waals surface area contributed by atoms with Crippen LogP contribution in [0.2, 0.25) is 15.1 Å². The summed E-state index contributed by atoms with van der Waals surface area (Å²) in [7, 11) is 0. The van der Waals surface area contributed by atoms with Crippen LogP contribution in [0.1, 0.15) is 24.3 Å². The quantitative estimate of drug-likeness (QED) is 0.729. The Kier molecular flexibility index (Phi) is 4.11. The van der Waals surface area contributed by atoms with Crippen LogP contribution in [0.15, 0.2) is 42.5 Å². The summed E-state index contributed by atoms with van der Waals surface area (Å²) in [5.74, 6) is 0.538. The van der Waals surface area contributed by atoms with Crippen molar-refractivity contribution in [1.29, 1.82) is 0 Å². The van der Waals surface area contributed by atoms with Crippen LogP contribution in [-0.4, -0.2) is 6.04 Å². The van der Waals surface area contributed by atoms with Gasteiger partial charge < -0.3 is 5.32 Å². The van der Waals surface area contributed by atoms with Crippen molar-refractivity contribution in [2.75, 3.05) is 5.32 Å². The second-order valence-corrected chi connectivity index (χ2v) is 6.47. The maximum atomic E-state index is 6.23. The molecule has 0 bridgehead atoms. The molecule has 4 heteroatoms. The first-order valence-corrected chi connectivity index (χ1v) is 7.72. The molecule has 3 rings (SSSR count). The van der Waals surface area contributed by atoms with E-state index in [1.54, 1.807) is 6.07 Å². The van der Waals surface area contributed by atoms with Crippen molar-refractivity contribution in [3.05, 3.63) is 63.1 Å². The molecule has 0 radical (unpaired) electrons. The van der Waals surface area contributed by atoms with E-state index in [1.807, 2.05) is 30.3 Å².